The number of carbonyl (C=O) groups is 1. The third-order valence-corrected chi connectivity index (χ3v) is 1.13. The second-order valence-electron chi connectivity index (χ2n) is 1.75. The van der Waals surface area contributed by atoms with E-state index in [-0.39, 0.29) is 5.97 Å². The average molecular weight is 139 g/mol. The first-order chi connectivity index (χ1) is 4.84. The quantitative estimate of drug-likeness (QED) is 0.179. The fraction of sp³-hybridized carbons (Fsp3) is 0.400. The van der Waals surface area contributed by atoms with Crippen LogP contribution in [0.15, 0.2) is 16.9 Å². The second-order valence-corrected chi connectivity index (χ2v) is 1.75. The molecular formula is C5H5N3O2. The van der Waals surface area contributed by atoms with Crippen LogP contribution in [0.3, 0.4) is 0 Å². The van der Waals surface area contributed by atoms with Gasteiger partial charge in [0, 0.05) is 23.1 Å². The molecule has 5 heteroatoms. The lowest BCUT2D eigenvalue weighted by atomic mass is 10.2. The van der Waals surface area contributed by atoms with Gasteiger partial charge in [-0.2, -0.15) is 0 Å². The summed E-state index contributed by atoms with van der Waals surface area (Å²) in [7, 11) is 0. The SMILES string of the molecule is [N-]=[N+]=NC=C1CCOC1=O. The highest BCUT2D eigenvalue weighted by molar-refractivity contribution is 5.90. The summed E-state index contributed by atoms with van der Waals surface area (Å²) in [6.07, 6.45) is 1.73. The van der Waals surface area contributed by atoms with Crippen LogP contribution in [0.4, 0.5) is 0 Å². The molecular weight excluding hydrogens is 134 g/mol. The zero-order valence-electron chi connectivity index (χ0n) is 5.15. The number of hydrogen-bond donors (Lipinski definition) is 0. The fourth-order valence-corrected chi connectivity index (χ4v) is 0.661. The lowest BCUT2D eigenvalue weighted by Crippen LogP contribution is -1.93. The number of hydrogen-bond acceptors (Lipinski definition) is 3. The van der Waals surface area contributed by atoms with Crippen LogP contribution in [0.2, 0.25) is 0 Å². The predicted octanol–water partition coefficient (Wildman–Crippen LogP) is 1.13. The Morgan fingerprint density at radius 2 is 2.60 bits per heavy atom. The molecule has 0 aromatic rings. The van der Waals surface area contributed by atoms with Crippen molar-refractivity contribution < 1.29 is 9.53 Å². The Balaban J connectivity index is 2.71. The molecule has 1 aliphatic rings. The van der Waals surface area contributed by atoms with Crippen molar-refractivity contribution in [3.63, 3.8) is 0 Å². The Hall–Kier alpha value is -1.48. The Morgan fingerprint density at radius 1 is 1.80 bits per heavy atom. The van der Waals surface area contributed by atoms with E-state index in [1.807, 2.05) is 0 Å². The normalized spacial score (nSPS) is 20.4. The Bertz CT molecular complexity index is 227. The van der Waals surface area contributed by atoms with E-state index in [1.165, 1.54) is 6.20 Å². The molecule has 0 atom stereocenters. The summed E-state index contributed by atoms with van der Waals surface area (Å²) >= 11 is 0. The van der Waals surface area contributed by atoms with Gasteiger partial charge in [0.1, 0.15) is 0 Å². The van der Waals surface area contributed by atoms with Crippen molar-refractivity contribution in [2.75, 3.05) is 6.61 Å². The minimum Gasteiger partial charge on any atom is -0.462 e. The number of nitrogens with zero attached hydrogens (tertiary/aromatic N) is 3. The van der Waals surface area contributed by atoms with Crippen molar-refractivity contribution in [2.45, 2.75) is 6.42 Å². The van der Waals surface area contributed by atoms with E-state index in [0.29, 0.717) is 18.6 Å². The summed E-state index contributed by atoms with van der Waals surface area (Å²) in [6, 6.07) is 0. The average Bonchev–Trinajstić information content (AvgIpc) is 2.31. The number of rotatable bonds is 1. The van der Waals surface area contributed by atoms with Crippen LogP contribution in [0.1, 0.15) is 6.42 Å². The van der Waals surface area contributed by atoms with Crippen molar-refractivity contribution in [2.24, 2.45) is 5.11 Å². The Labute approximate surface area is 56.9 Å². The molecule has 0 amide bonds. The fourth-order valence-electron chi connectivity index (χ4n) is 0.661. The molecule has 0 bridgehead atoms. The van der Waals surface area contributed by atoms with Gasteiger partial charge < -0.3 is 4.74 Å². The summed E-state index contributed by atoms with van der Waals surface area (Å²) in [5.41, 5.74) is 8.32. The van der Waals surface area contributed by atoms with Gasteiger partial charge in [-0.05, 0) is 5.53 Å². The molecule has 0 aromatic carbocycles. The number of cyclic esters (lactones) is 1. The molecule has 0 aliphatic carbocycles. The van der Waals surface area contributed by atoms with Gasteiger partial charge in [0.15, 0.2) is 0 Å². The van der Waals surface area contributed by atoms with Gasteiger partial charge >= 0.3 is 5.97 Å². The van der Waals surface area contributed by atoms with Gasteiger partial charge in [0.05, 0.1) is 6.61 Å². The summed E-state index contributed by atoms with van der Waals surface area (Å²) in [6.45, 7) is 0.394. The first-order valence-corrected chi connectivity index (χ1v) is 2.75. The topological polar surface area (TPSA) is 75.1 Å². The molecule has 5 nitrogen and oxygen atoms in total. The minimum absolute atomic E-state index is 0.382. The molecule has 1 heterocycles. The monoisotopic (exact) mass is 139 g/mol. The number of carbonyl (C=O) groups excluding carboxylic acids is 1. The van der Waals surface area contributed by atoms with Gasteiger partial charge in [-0.3, -0.25) is 0 Å². The van der Waals surface area contributed by atoms with Crippen LogP contribution in [-0.4, -0.2) is 12.6 Å². The smallest absolute Gasteiger partial charge is 0.333 e. The van der Waals surface area contributed by atoms with E-state index >= 15 is 0 Å². The van der Waals surface area contributed by atoms with E-state index in [0.717, 1.165) is 0 Å². The molecule has 1 aliphatic heterocycles. The summed E-state index contributed by atoms with van der Waals surface area (Å²) in [4.78, 5) is 13.1. The van der Waals surface area contributed by atoms with Gasteiger partial charge in [-0.25, -0.2) is 4.79 Å². The van der Waals surface area contributed by atoms with Crippen LogP contribution in [0.5, 0.6) is 0 Å². The lowest BCUT2D eigenvalue weighted by molar-refractivity contribution is -0.135. The van der Waals surface area contributed by atoms with E-state index in [2.05, 4.69) is 14.8 Å². The highest BCUT2D eigenvalue weighted by Gasteiger charge is 2.17. The highest BCUT2D eigenvalue weighted by Crippen LogP contribution is 2.12. The standard InChI is InChI=1S/C5H5N3O2/c6-8-7-3-4-1-2-10-5(4)9/h3H,1-2H2. The molecule has 1 fully saturated rings. The molecule has 1 rings (SSSR count). The highest BCUT2D eigenvalue weighted by atomic mass is 16.5. The molecule has 0 radical (unpaired) electrons. The van der Waals surface area contributed by atoms with Gasteiger partial charge in [0.25, 0.3) is 0 Å². The van der Waals surface area contributed by atoms with Crippen molar-refractivity contribution in [3.05, 3.63) is 22.2 Å². The van der Waals surface area contributed by atoms with Crippen molar-refractivity contribution in [3.8, 4) is 0 Å². The maximum atomic E-state index is 10.6. The van der Waals surface area contributed by atoms with Crippen molar-refractivity contribution >= 4 is 5.97 Å². The van der Waals surface area contributed by atoms with Crippen LogP contribution in [0.25, 0.3) is 10.4 Å². The minimum atomic E-state index is -0.382. The Kier molecular flexibility index (Phi) is 1.92. The summed E-state index contributed by atoms with van der Waals surface area (Å²) in [5.74, 6) is -0.382. The van der Waals surface area contributed by atoms with E-state index in [9.17, 15) is 4.79 Å². The zero-order chi connectivity index (χ0) is 7.40. The molecule has 52 valence electrons. The summed E-state index contributed by atoms with van der Waals surface area (Å²) in [5, 5.41) is 3.12. The zero-order valence-corrected chi connectivity index (χ0v) is 5.15. The summed E-state index contributed by atoms with van der Waals surface area (Å²) < 4.78 is 4.57. The van der Waals surface area contributed by atoms with E-state index < -0.39 is 0 Å². The number of esters is 1. The third-order valence-electron chi connectivity index (χ3n) is 1.13. The van der Waals surface area contributed by atoms with Crippen LogP contribution >= 0.6 is 0 Å². The first kappa shape index (κ1) is 6.64. The molecule has 10 heavy (non-hydrogen) atoms. The van der Waals surface area contributed by atoms with E-state index in [1.54, 1.807) is 0 Å². The molecule has 0 saturated carbocycles. The number of azide groups is 1. The molecule has 0 unspecified atom stereocenters. The molecule has 0 N–H and O–H groups in total. The Morgan fingerprint density at radius 3 is 3.10 bits per heavy atom. The van der Waals surface area contributed by atoms with Gasteiger partial charge in [0.2, 0.25) is 0 Å². The predicted molar refractivity (Wildman–Crippen MR) is 32.8 cm³/mol. The molecule has 1 saturated heterocycles. The third kappa shape index (κ3) is 1.27. The van der Waals surface area contributed by atoms with Gasteiger partial charge in [-0.15, -0.1) is 0 Å². The maximum absolute atomic E-state index is 10.6. The maximum Gasteiger partial charge on any atom is 0.333 e. The van der Waals surface area contributed by atoms with Crippen molar-refractivity contribution in [1.82, 2.24) is 0 Å². The lowest BCUT2D eigenvalue weighted by Gasteiger charge is -1.84. The van der Waals surface area contributed by atoms with Gasteiger partial charge in [-0.1, -0.05) is 5.11 Å². The second kappa shape index (κ2) is 2.89. The largest absolute Gasteiger partial charge is 0.462 e. The molecule has 0 spiro atoms. The first-order valence-electron chi connectivity index (χ1n) is 2.75. The van der Waals surface area contributed by atoms with Crippen molar-refractivity contribution in [1.29, 1.82) is 0 Å². The van der Waals surface area contributed by atoms with Crippen LogP contribution < -0.4 is 0 Å². The van der Waals surface area contributed by atoms with Crippen LogP contribution in [0, 0.1) is 0 Å². The van der Waals surface area contributed by atoms with Crippen LogP contribution in [-0.2, 0) is 9.53 Å². The number of ether oxygens (including phenoxy) is 1. The van der Waals surface area contributed by atoms with E-state index in [4.69, 9.17) is 5.53 Å². The molecule has 0 aromatic heterocycles.